The predicted molar refractivity (Wildman–Crippen MR) is 31.8 cm³/mol. The summed E-state index contributed by atoms with van der Waals surface area (Å²) in [5, 5.41) is 0. The van der Waals surface area contributed by atoms with Crippen molar-refractivity contribution < 1.29 is 18.9 Å². The molecule has 0 heterocycles. The Morgan fingerprint density at radius 2 is 2.12 bits per heavy atom. The Morgan fingerprint density at radius 1 is 1.25 bits per heavy atom. The molecule has 0 N–H and O–H groups in total. The van der Waals surface area contributed by atoms with Crippen LogP contribution < -0.4 is 18.9 Å². The van der Waals surface area contributed by atoms with Crippen molar-refractivity contribution in [3.63, 3.8) is 0 Å². The van der Waals surface area contributed by atoms with Crippen LogP contribution in [0.1, 0.15) is 12.8 Å². The van der Waals surface area contributed by atoms with Gasteiger partial charge in [0, 0.05) is 0 Å². The first-order valence-corrected chi connectivity index (χ1v) is 2.65. The molecule has 38 valence electrons. The van der Waals surface area contributed by atoms with E-state index in [4.69, 9.17) is 0 Å². The molecule has 1 aliphatic carbocycles. The summed E-state index contributed by atoms with van der Waals surface area (Å²) >= 11 is 0. The minimum atomic E-state index is 0. The van der Waals surface area contributed by atoms with Crippen molar-refractivity contribution >= 4 is 0 Å². The Morgan fingerprint density at radius 3 is 3.00 bits per heavy atom. The first-order valence-electron chi connectivity index (χ1n) is 2.65. The summed E-state index contributed by atoms with van der Waals surface area (Å²) in [6, 6.07) is 0. The van der Waals surface area contributed by atoms with E-state index in [1.165, 1.54) is 12.8 Å². The van der Waals surface area contributed by atoms with Crippen molar-refractivity contribution in [2.75, 3.05) is 0 Å². The van der Waals surface area contributed by atoms with Crippen molar-refractivity contribution in [1.82, 2.24) is 0 Å². The fourth-order valence-corrected chi connectivity index (χ4v) is 0.606. The molecule has 0 saturated heterocycles. The number of rotatable bonds is 0. The molecule has 0 spiro atoms. The molecule has 0 aliphatic heterocycles. The van der Waals surface area contributed by atoms with Crippen molar-refractivity contribution in [1.29, 1.82) is 0 Å². The smallest absolute Gasteiger partial charge is 0.230 e. The first-order chi connectivity index (χ1) is 3.50. The predicted octanol–water partition coefficient (Wildman–Crippen LogP) is -0.899. The van der Waals surface area contributed by atoms with Gasteiger partial charge in [-0.15, -0.1) is 12.2 Å². The SMILES string of the molecule is C1=C[CH-]CCC=C1.[Li+]. The quantitative estimate of drug-likeness (QED) is 0.273. The van der Waals surface area contributed by atoms with Gasteiger partial charge in [0.15, 0.2) is 0 Å². The van der Waals surface area contributed by atoms with E-state index in [1.54, 1.807) is 0 Å². The Kier molecular flexibility index (Phi) is 5.06. The largest absolute Gasteiger partial charge is 1.00 e. The monoisotopic (exact) mass is 100 g/mol. The maximum atomic E-state index is 2.18. The molecule has 0 aromatic carbocycles. The average Bonchev–Trinajstić information content (AvgIpc) is 1.90. The van der Waals surface area contributed by atoms with Gasteiger partial charge in [0.05, 0.1) is 0 Å². The molecule has 0 atom stereocenters. The molecule has 1 heteroatoms. The van der Waals surface area contributed by atoms with Gasteiger partial charge in [0.1, 0.15) is 0 Å². The summed E-state index contributed by atoms with van der Waals surface area (Å²) in [6.45, 7) is 0. The molecule has 8 heavy (non-hydrogen) atoms. The van der Waals surface area contributed by atoms with E-state index >= 15 is 0 Å². The summed E-state index contributed by atoms with van der Waals surface area (Å²) in [6.07, 6.45) is 13.0. The van der Waals surface area contributed by atoms with Crippen LogP contribution in [0.15, 0.2) is 24.3 Å². The zero-order valence-electron chi connectivity index (χ0n) is 5.30. The number of hydrogen-bond donors (Lipinski definition) is 0. The van der Waals surface area contributed by atoms with Crippen LogP contribution in [-0.4, -0.2) is 0 Å². The maximum absolute atomic E-state index is 2.18. The molecule has 1 rings (SSSR count). The van der Waals surface area contributed by atoms with Crippen LogP contribution in [-0.2, 0) is 0 Å². The zero-order valence-corrected chi connectivity index (χ0v) is 5.30. The number of allylic oxidation sites excluding steroid dienone is 4. The van der Waals surface area contributed by atoms with E-state index in [9.17, 15) is 0 Å². The van der Waals surface area contributed by atoms with Crippen molar-refractivity contribution in [3.8, 4) is 0 Å². The summed E-state index contributed by atoms with van der Waals surface area (Å²) in [4.78, 5) is 0. The summed E-state index contributed by atoms with van der Waals surface area (Å²) in [5.74, 6) is 0. The van der Waals surface area contributed by atoms with Crippen molar-refractivity contribution in [2.24, 2.45) is 0 Å². The zero-order chi connectivity index (χ0) is 4.95. The second kappa shape index (κ2) is 5.09. The van der Waals surface area contributed by atoms with Crippen LogP contribution in [0, 0.1) is 6.42 Å². The van der Waals surface area contributed by atoms with Gasteiger partial charge in [0.25, 0.3) is 0 Å². The molecule has 0 saturated carbocycles. The van der Waals surface area contributed by atoms with E-state index in [-0.39, 0.29) is 18.9 Å². The maximum Gasteiger partial charge on any atom is 1.00 e. The van der Waals surface area contributed by atoms with E-state index in [2.05, 4.69) is 30.7 Å². The third kappa shape index (κ3) is 3.02. The Hall–Kier alpha value is -0.0526. The third-order valence-corrected chi connectivity index (χ3v) is 0.994. The molecule has 0 fully saturated rings. The van der Waals surface area contributed by atoms with Gasteiger partial charge in [-0.1, -0.05) is 6.42 Å². The minimum Gasteiger partial charge on any atom is -0.230 e. The first kappa shape index (κ1) is 7.95. The van der Waals surface area contributed by atoms with Gasteiger partial charge >= 0.3 is 18.9 Å². The molecule has 0 unspecified atom stereocenters. The van der Waals surface area contributed by atoms with Crippen LogP contribution in [0.2, 0.25) is 0 Å². The van der Waals surface area contributed by atoms with Gasteiger partial charge in [-0.05, 0) is 6.42 Å². The van der Waals surface area contributed by atoms with Gasteiger partial charge in [0.2, 0.25) is 0 Å². The minimum absolute atomic E-state index is 0. The molecule has 0 nitrogen and oxygen atoms in total. The molecular weight excluding hydrogens is 91.0 g/mol. The standard InChI is InChI=1S/C7H9.Li/c1-2-4-6-7-5-3-1;/h1-5H,6-7H2;/q-1;+1. The molecule has 0 aromatic rings. The van der Waals surface area contributed by atoms with Crippen LogP contribution in [0.25, 0.3) is 0 Å². The van der Waals surface area contributed by atoms with E-state index in [0.717, 1.165) is 0 Å². The topological polar surface area (TPSA) is 0 Å². The fourth-order valence-electron chi connectivity index (χ4n) is 0.606. The van der Waals surface area contributed by atoms with Gasteiger partial charge in [-0.3, -0.25) is 0 Å². The summed E-state index contributed by atoms with van der Waals surface area (Å²) in [7, 11) is 0. The van der Waals surface area contributed by atoms with Crippen LogP contribution in [0.4, 0.5) is 0 Å². The molecular formula is C7H9Li. The van der Waals surface area contributed by atoms with Gasteiger partial charge in [-0.2, -0.15) is 0 Å². The summed E-state index contributed by atoms with van der Waals surface area (Å²) in [5.41, 5.74) is 0. The van der Waals surface area contributed by atoms with Crippen molar-refractivity contribution in [3.05, 3.63) is 30.7 Å². The normalized spacial score (nSPS) is 16.0. The molecule has 0 amide bonds. The van der Waals surface area contributed by atoms with E-state index < -0.39 is 0 Å². The Labute approximate surface area is 62.8 Å². The molecule has 0 radical (unpaired) electrons. The Balaban J connectivity index is 0.000000490. The van der Waals surface area contributed by atoms with Crippen LogP contribution in [0.5, 0.6) is 0 Å². The van der Waals surface area contributed by atoms with Gasteiger partial charge < -0.3 is 0 Å². The molecule has 0 bridgehead atoms. The number of hydrogen-bond acceptors (Lipinski definition) is 0. The summed E-state index contributed by atoms with van der Waals surface area (Å²) < 4.78 is 0. The van der Waals surface area contributed by atoms with Crippen molar-refractivity contribution in [2.45, 2.75) is 12.8 Å². The van der Waals surface area contributed by atoms with Gasteiger partial charge in [-0.25, -0.2) is 18.6 Å². The molecule has 1 aliphatic rings. The second-order valence-electron chi connectivity index (χ2n) is 1.63. The fraction of sp³-hybridized carbons (Fsp3) is 0.286. The Bertz CT molecular complexity index is 80.6. The van der Waals surface area contributed by atoms with E-state index in [1.807, 2.05) is 0 Å². The van der Waals surface area contributed by atoms with Crippen LogP contribution >= 0.6 is 0 Å². The van der Waals surface area contributed by atoms with E-state index in [0.29, 0.717) is 0 Å². The second-order valence-corrected chi connectivity index (χ2v) is 1.63. The average molecular weight is 100 g/mol. The third-order valence-electron chi connectivity index (χ3n) is 0.994. The van der Waals surface area contributed by atoms with Crippen LogP contribution in [0.3, 0.4) is 0 Å². The molecule has 0 aromatic heterocycles.